The number of aromatic nitrogens is 2. The molecule has 0 amide bonds. The van der Waals surface area contributed by atoms with Crippen LogP contribution in [-0.2, 0) is 9.84 Å². The number of sulfone groups is 1. The van der Waals surface area contributed by atoms with Crippen LogP contribution >= 0.6 is 0 Å². The monoisotopic (exact) mass is 299 g/mol. The van der Waals surface area contributed by atoms with Gasteiger partial charge in [-0.25, -0.2) is 8.42 Å². The molecule has 1 aliphatic carbocycles. The number of methoxy groups -OCH3 is 1. The van der Waals surface area contributed by atoms with Crippen molar-refractivity contribution in [3.05, 3.63) is 17.8 Å². The molecule has 0 saturated heterocycles. The molecule has 6 nitrogen and oxygen atoms in total. The van der Waals surface area contributed by atoms with Crippen LogP contribution in [-0.4, -0.2) is 37.2 Å². The number of hydrogen-bond donors (Lipinski definition) is 1. The van der Waals surface area contributed by atoms with Crippen molar-refractivity contribution in [1.29, 1.82) is 0 Å². The molecule has 2 N–H and O–H groups in total. The molecule has 0 aromatic carbocycles. The van der Waals surface area contributed by atoms with Crippen molar-refractivity contribution >= 4 is 9.84 Å². The number of hydrogen-bond acceptors (Lipinski definition) is 6. The molecule has 7 heteroatoms. The summed E-state index contributed by atoms with van der Waals surface area (Å²) in [7, 11) is -1.47. The smallest absolute Gasteiger partial charge is 0.233 e. The summed E-state index contributed by atoms with van der Waals surface area (Å²) in [5, 5.41) is 7.69. The lowest BCUT2D eigenvalue weighted by Gasteiger charge is -2.31. The number of nitrogens with zero attached hydrogens (tertiary/aromatic N) is 2. The fourth-order valence-electron chi connectivity index (χ4n) is 2.75. The molecule has 0 radical (unpaired) electrons. The van der Waals surface area contributed by atoms with Crippen LogP contribution in [0, 0.1) is 5.92 Å². The van der Waals surface area contributed by atoms with Crippen LogP contribution in [0.15, 0.2) is 12.1 Å². The van der Waals surface area contributed by atoms with E-state index >= 15 is 0 Å². The third kappa shape index (κ3) is 3.46. The summed E-state index contributed by atoms with van der Waals surface area (Å²) in [6.07, 6.45) is 4.46. The van der Waals surface area contributed by atoms with Gasteiger partial charge < -0.3 is 10.5 Å². The largest absolute Gasteiger partial charge is 0.480 e. The quantitative estimate of drug-likeness (QED) is 0.894. The van der Waals surface area contributed by atoms with Crippen LogP contribution in [0.25, 0.3) is 0 Å². The van der Waals surface area contributed by atoms with Gasteiger partial charge in [0.2, 0.25) is 5.88 Å². The Morgan fingerprint density at radius 3 is 2.65 bits per heavy atom. The maximum atomic E-state index is 11.7. The van der Waals surface area contributed by atoms with Crippen molar-refractivity contribution in [3.63, 3.8) is 0 Å². The Morgan fingerprint density at radius 2 is 2.10 bits per heavy atom. The Hall–Kier alpha value is -1.21. The third-order valence-electron chi connectivity index (χ3n) is 3.99. The van der Waals surface area contributed by atoms with Gasteiger partial charge in [0, 0.05) is 12.3 Å². The highest BCUT2D eigenvalue weighted by atomic mass is 32.2. The first-order valence-electron chi connectivity index (χ1n) is 6.74. The average molecular weight is 299 g/mol. The topological polar surface area (TPSA) is 95.2 Å². The van der Waals surface area contributed by atoms with Crippen LogP contribution < -0.4 is 10.5 Å². The normalized spacial score (nSPS) is 25.1. The summed E-state index contributed by atoms with van der Waals surface area (Å²) in [5.41, 5.74) is 6.91. The molecule has 1 heterocycles. The maximum absolute atomic E-state index is 11.7. The Labute approximate surface area is 119 Å². The molecule has 20 heavy (non-hydrogen) atoms. The van der Waals surface area contributed by atoms with Crippen molar-refractivity contribution in [2.24, 2.45) is 11.7 Å². The van der Waals surface area contributed by atoms with Gasteiger partial charge in [-0.2, -0.15) is 5.10 Å². The molecular formula is C13H21N3O3S. The Balaban J connectivity index is 2.09. The number of rotatable bonds is 4. The molecule has 0 aliphatic heterocycles. The Bertz CT molecular complexity index is 544. The fraction of sp³-hybridized carbons (Fsp3) is 0.692. The highest BCUT2D eigenvalue weighted by Crippen LogP contribution is 2.35. The zero-order chi connectivity index (χ0) is 14.8. The minimum Gasteiger partial charge on any atom is -0.480 e. The lowest BCUT2D eigenvalue weighted by atomic mass is 9.82. The fourth-order valence-corrected chi connectivity index (χ4v) is 3.95. The summed E-state index contributed by atoms with van der Waals surface area (Å²) in [6.45, 7) is 0. The number of ether oxygens (including phenoxy) is 1. The highest BCUT2D eigenvalue weighted by molar-refractivity contribution is 7.91. The van der Waals surface area contributed by atoms with Crippen molar-refractivity contribution in [3.8, 4) is 5.88 Å². The molecule has 2 rings (SSSR count). The van der Waals surface area contributed by atoms with Crippen LogP contribution in [0.4, 0.5) is 0 Å². The van der Waals surface area contributed by atoms with E-state index in [0.717, 1.165) is 19.3 Å². The molecule has 3 unspecified atom stereocenters. The lowest BCUT2D eigenvalue weighted by molar-refractivity contribution is 0.303. The van der Waals surface area contributed by atoms with Gasteiger partial charge in [0.1, 0.15) is 9.84 Å². The van der Waals surface area contributed by atoms with Crippen molar-refractivity contribution in [2.75, 3.05) is 13.4 Å². The Kier molecular flexibility index (Phi) is 4.59. The average Bonchev–Trinajstić information content (AvgIpc) is 2.46. The first-order valence-corrected chi connectivity index (χ1v) is 8.69. The standard InChI is InChI=1S/C13H21N3O3S/c1-19-12-7-6-11(15-16-12)13(14)9-4-3-5-10(8-9)20(2,17)18/h6-7,9-10,13H,3-5,8,14H2,1-2H3. The van der Waals surface area contributed by atoms with E-state index in [1.54, 1.807) is 12.1 Å². The van der Waals surface area contributed by atoms with E-state index in [1.165, 1.54) is 13.4 Å². The maximum Gasteiger partial charge on any atom is 0.233 e. The van der Waals surface area contributed by atoms with E-state index < -0.39 is 9.84 Å². The molecule has 1 aromatic rings. The minimum absolute atomic E-state index is 0.131. The van der Waals surface area contributed by atoms with Crippen molar-refractivity contribution in [2.45, 2.75) is 37.0 Å². The summed E-state index contributed by atoms with van der Waals surface area (Å²) in [6, 6.07) is 3.23. The van der Waals surface area contributed by atoms with Crippen LogP contribution in [0.2, 0.25) is 0 Å². The molecular weight excluding hydrogens is 278 g/mol. The van der Waals surface area contributed by atoms with Gasteiger partial charge >= 0.3 is 0 Å². The SMILES string of the molecule is COc1ccc(C(N)C2CCCC(S(C)(=O)=O)C2)nn1. The van der Waals surface area contributed by atoms with Gasteiger partial charge in [0.25, 0.3) is 0 Å². The van der Waals surface area contributed by atoms with Gasteiger partial charge in [0.05, 0.1) is 24.1 Å². The molecule has 112 valence electrons. The highest BCUT2D eigenvalue weighted by Gasteiger charge is 2.32. The zero-order valence-corrected chi connectivity index (χ0v) is 12.6. The molecule has 3 atom stereocenters. The first-order chi connectivity index (χ1) is 9.41. The number of nitrogens with two attached hydrogens (primary N) is 1. The summed E-state index contributed by atoms with van der Waals surface area (Å²) >= 11 is 0. The second-order valence-corrected chi connectivity index (χ2v) is 7.73. The van der Waals surface area contributed by atoms with E-state index in [-0.39, 0.29) is 17.2 Å². The summed E-state index contributed by atoms with van der Waals surface area (Å²) < 4.78 is 28.3. The molecule has 1 aromatic heterocycles. The second-order valence-electron chi connectivity index (χ2n) is 5.40. The van der Waals surface area contributed by atoms with E-state index in [1.807, 2.05) is 0 Å². The van der Waals surface area contributed by atoms with E-state index in [4.69, 9.17) is 10.5 Å². The van der Waals surface area contributed by atoms with Gasteiger partial charge in [0.15, 0.2) is 0 Å². The van der Waals surface area contributed by atoms with Crippen LogP contribution in [0.3, 0.4) is 0 Å². The molecule has 1 aliphatic rings. The van der Waals surface area contributed by atoms with E-state index in [9.17, 15) is 8.42 Å². The van der Waals surface area contributed by atoms with E-state index in [2.05, 4.69) is 10.2 Å². The van der Waals surface area contributed by atoms with Crippen molar-refractivity contribution in [1.82, 2.24) is 10.2 Å². The second kappa shape index (κ2) is 6.05. The van der Waals surface area contributed by atoms with Gasteiger partial charge in [-0.3, -0.25) is 0 Å². The molecule has 1 saturated carbocycles. The summed E-state index contributed by atoms with van der Waals surface area (Å²) in [4.78, 5) is 0. The van der Waals surface area contributed by atoms with E-state index in [0.29, 0.717) is 18.0 Å². The predicted molar refractivity (Wildman–Crippen MR) is 76.1 cm³/mol. The molecule has 0 spiro atoms. The van der Waals surface area contributed by atoms with Gasteiger partial charge in [-0.15, -0.1) is 5.10 Å². The van der Waals surface area contributed by atoms with Crippen molar-refractivity contribution < 1.29 is 13.2 Å². The minimum atomic E-state index is -3.00. The lowest BCUT2D eigenvalue weighted by Crippen LogP contribution is -2.33. The zero-order valence-electron chi connectivity index (χ0n) is 11.8. The molecule has 0 bridgehead atoms. The van der Waals surface area contributed by atoms with Crippen LogP contribution in [0.1, 0.15) is 37.4 Å². The third-order valence-corrected chi connectivity index (χ3v) is 5.63. The van der Waals surface area contributed by atoms with Gasteiger partial charge in [-0.05, 0) is 31.2 Å². The van der Waals surface area contributed by atoms with Crippen LogP contribution in [0.5, 0.6) is 5.88 Å². The first kappa shape index (κ1) is 15.2. The molecule has 1 fully saturated rings. The van der Waals surface area contributed by atoms with Gasteiger partial charge in [-0.1, -0.05) is 6.42 Å². The Morgan fingerprint density at radius 1 is 1.35 bits per heavy atom. The predicted octanol–water partition coefficient (Wildman–Crippen LogP) is 1.09. The summed E-state index contributed by atoms with van der Waals surface area (Å²) in [5.74, 6) is 0.574.